The van der Waals surface area contributed by atoms with E-state index in [1.54, 1.807) is 0 Å². The molecule has 0 aromatic carbocycles. The van der Waals surface area contributed by atoms with Gasteiger partial charge in [0.25, 0.3) is 0 Å². The van der Waals surface area contributed by atoms with Crippen LogP contribution < -0.4 is 5.73 Å². The number of hydrogen-bond donors (Lipinski definition) is 1. The highest BCUT2D eigenvalue weighted by Crippen LogP contribution is 2.32. The van der Waals surface area contributed by atoms with Gasteiger partial charge in [0.15, 0.2) is 0 Å². The van der Waals surface area contributed by atoms with Crippen molar-refractivity contribution in [2.24, 2.45) is 0 Å². The topological polar surface area (TPSA) is 48.1 Å². The minimum atomic E-state index is -4.40. The molecule has 15 heavy (non-hydrogen) atoms. The van der Waals surface area contributed by atoms with E-state index in [1.165, 1.54) is 13.2 Å². The monoisotopic (exact) mass is 220 g/mol. The quantitative estimate of drug-likeness (QED) is 0.845. The van der Waals surface area contributed by atoms with Crippen molar-refractivity contribution in [1.82, 2.24) is 4.98 Å². The van der Waals surface area contributed by atoms with Gasteiger partial charge in [-0.2, -0.15) is 13.2 Å². The number of nitrogens with zero attached hydrogens (tertiary/aromatic N) is 1. The molecule has 0 aliphatic carbocycles. The molecule has 0 saturated carbocycles. The SMILES string of the molecule is COCCc1cc(N)ncc1C(F)(F)F. The molecule has 0 amide bonds. The average molecular weight is 220 g/mol. The van der Waals surface area contributed by atoms with Gasteiger partial charge in [-0.15, -0.1) is 0 Å². The zero-order valence-corrected chi connectivity index (χ0v) is 8.14. The van der Waals surface area contributed by atoms with Crippen molar-refractivity contribution >= 4 is 5.82 Å². The second-order valence-corrected chi connectivity index (χ2v) is 3.01. The number of methoxy groups -OCH3 is 1. The van der Waals surface area contributed by atoms with E-state index < -0.39 is 11.7 Å². The van der Waals surface area contributed by atoms with Gasteiger partial charge in [-0.1, -0.05) is 0 Å². The van der Waals surface area contributed by atoms with Crippen molar-refractivity contribution in [3.05, 3.63) is 23.4 Å². The Labute approximate surface area is 85.1 Å². The highest BCUT2D eigenvalue weighted by Gasteiger charge is 2.33. The molecule has 6 heteroatoms. The Kier molecular flexibility index (Phi) is 3.52. The largest absolute Gasteiger partial charge is 0.418 e. The predicted molar refractivity (Wildman–Crippen MR) is 49.2 cm³/mol. The van der Waals surface area contributed by atoms with Gasteiger partial charge in [-0.05, 0) is 18.1 Å². The lowest BCUT2D eigenvalue weighted by Crippen LogP contribution is -2.12. The van der Waals surface area contributed by atoms with E-state index in [0.717, 1.165) is 6.20 Å². The van der Waals surface area contributed by atoms with Crippen LogP contribution in [0.3, 0.4) is 0 Å². The van der Waals surface area contributed by atoms with Gasteiger partial charge in [-0.25, -0.2) is 4.98 Å². The van der Waals surface area contributed by atoms with Crippen molar-refractivity contribution in [2.45, 2.75) is 12.6 Å². The number of ether oxygens (including phenoxy) is 1. The first-order valence-corrected chi connectivity index (χ1v) is 4.25. The van der Waals surface area contributed by atoms with E-state index >= 15 is 0 Å². The summed E-state index contributed by atoms with van der Waals surface area (Å²) in [5.74, 6) is 0.0779. The molecule has 2 N–H and O–H groups in total. The number of halogens is 3. The highest BCUT2D eigenvalue weighted by atomic mass is 19.4. The summed E-state index contributed by atoms with van der Waals surface area (Å²) in [4.78, 5) is 3.43. The van der Waals surface area contributed by atoms with E-state index in [-0.39, 0.29) is 24.4 Å². The number of anilines is 1. The maximum Gasteiger partial charge on any atom is 0.418 e. The van der Waals surface area contributed by atoms with Gasteiger partial charge in [0.2, 0.25) is 0 Å². The Morgan fingerprint density at radius 3 is 2.67 bits per heavy atom. The van der Waals surface area contributed by atoms with Gasteiger partial charge in [0.1, 0.15) is 5.82 Å². The standard InChI is InChI=1S/C9H11F3N2O/c1-15-3-2-6-4-8(13)14-5-7(6)9(10,11)12/h4-5H,2-3H2,1H3,(H2,13,14). The van der Waals surface area contributed by atoms with Crippen molar-refractivity contribution < 1.29 is 17.9 Å². The first kappa shape index (κ1) is 11.8. The number of hydrogen-bond acceptors (Lipinski definition) is 3. The summed E-state index contributed by atoms with van der Waals surface area (Å²) in [6.45, 7) is 0.215. The van der Waals surface area contributed by atoms with Crippen molar-refractivity contribution in [1.29, 1.82) is 0 Å². The van der Waals surface area contributed by atoms with Crippen LogP contribution in [-0.4, -0.2) is 18.7 Å². The summed E-state index contributed by atoms with van der Waals surface area (Å²) >= 11 is 0. The van der Waals surface area contributed by atoms with Crippen LogP contribution in [0, 0.1) is 0 Å². The molecule has 1 aromatic rings. The Morgan fingerprint density at radius 2 is 2.13 bits per heavy atom. The molecule has 0 spiro atoms. The molecule has 0 aliphatic rings. The van der Waals surface area contributed by atoms with Crippen LogP contribution in [0.1, 0.15) is 11.1 Å². The third kappa shape index (κ3) is 3.09. The van der Waals surface area contributed by atoms with Crippen LogP contribution in [0.25, 0.3) is 0 Å². The summed E-state index contributed by atoms with van der Waals surface area (Å²) in [5.41, 5.74) is 4.68. The minimum absolute atomic E-state index is 0.0779. The lowest BCUT2D eigenvalue weighted by atomic mass is 10.1. The fraction of sp³-hybridized carbons (Fsp3) is 0.444. The van der Waals surface area contributed by atoms with Crippen molar-refractivity contribution in [3.8, 4) is 0 Å². The zero-order chi connectivity index (χ0) is 11.5. The maximum atomic E-state index is 12.5. The Balaban J connectivity index is 3.03. The van der Waals surface area contributed by atoms with E-state index in [1.807, 2.05) is 0 Å². The minimum Gasteiger partial charge on any atom is -0.384 e. The van der Waals surface area contributed by atoms with Gasteiger partial charge < -0.3 is 10.5 Å². The Morgan fingerprint density at radius 1 is 1.47 bits per heavy atom. The normalized spacial score (nSPS) is 11.7. The van der Waals surface area contributed by atoms with Crippen LogP contribution >= 0.6 is 0 Å². The number of nitrogen functional groups attached to an aromatic ring is 1. The second-order valence-electron chi connectivity index (χ2n) is 3.01. The third-order valence-electron chi connectivity index (χ3n) is 1.89. The lowest BCUT2D eigenvalue weighted by molar-refractivity contribution is -0.138. The van der Waals surface area contributed by atoms with Crippen LogP contribution in [-0.2, 0) is 17.3 Å². The molecular formula is C9H11F3N2O. The predicted octanol–water partition coefficient (Wildman–Crippen LogP) is 1.87. The molecular weight excluding hydrogens is 209 g/mol. The molecule has 0 bridgehead atoms. The summed E-state index contributed by atoms with van der Waals surface area (Å²) < 4.78 is 42.2. The smallest absolute Gasteiger partial charge is 0.384 e. The highest BCUT2D eigenvalue weighted by molar-refractivity contribution is 5.38. The van der Waals surface area contributed by atoms with Crippen LogP contribution in [0.5, 0.6) is 0 Å². The van der Waals surface area contributed by atoms with Crippen molar-refractivity contribution in [3.63, 3.8) is 0 Å². The molecule has 3 nitrogen and oxygen atoms in total. The molecule has 1 aromatic heterocycles. The summed E-state index contributed by atoms with van der Waals surface area (Å²) in [7, 11) is 1.43. The molecule has 0 atom stereocenters. The van der Waals surface area contributed by atoms with Gasteiger partial charge in [-0.3, -0.25) is 0 Å². The maximum absolute atomic E-state index is 12.5. The molecule has 1 heterocycles. The average Bonchev–Trinajstić information content (AvgIpc) is 2.12. The lowest BCUT2D eigenvalue weighted by Gasteiger charge is -2.12. The third-order valence-corrected chi connectivity index (χ3v) is 1.89. The second kappa shape index (κ2) is 4.48. The first-order chi connectivity index (χ1) is 6.95. The Hall–Kier alpha value is -1.30. The molecule has 0 saturated heterocycles. The zero-order valence-electron chi connectivity index (χ0n) is 8.14. The fourth-order valence-corrected chi connectivity index (χ4v) is 1.19. The number of pyridine rings is 1. The number of nitrogens with two attached hydrogens (primary N) is 1. The van der Waals surface area contributed by atoms with Crippen molar-refractivity contribution in [2.75, 3.05) is 19.5 Å². The van der Waals surface area contributed by atoms with Gasteiger partial charge in [0, 0.05) is 13.3 Å². The van der Waals surface area contributed by atoms with Gasteiger partial charge >= 0.3 is 6.18 Å². The number of aromatic nitrogens is 1. The van der Waals surface area contributed by atoms with E-state index in [4.69, 9.17) is 10.5 Å². The van der Waals surface area contributed by atoms with Crippen LogP contribution in [0.4, 0.5) is 19.0 Å². The summed E-state index contributed by atoms with van der Waals surface area (Å²) in [5, 5.41) is 0. The Bertz CT molecular complexity index is 339. The first-order valence-electron chi connectivity index (χ1n) is 4.25. The summed E-state index contributed by atoms with van der Waals surface area (Å²) in [6, 6.07) is 1.22. The molecule has 0 fully saturated rings. The van der Waals surface area contributed by atoms with E-state index in [2.05, 4.69) is 4.98 Å². The van der Waals surface area contributed by atoms with Crippen LogP contribution in [0.2, 0.25) is 0 Å². The molecule has 0 aliphatic heterocycles. The van der Waals surface area contributed by atoms with Gasteiger partial charge in [0.05, 0.1) is 12.2 Å². The molecule has 0 unspecified atom stereocenters. The molecule has 0 radical (unpaired) electrons. The van der Waals surface area contributed by atoms with E-state index in [0.29, 0.717) is 0 Å². The fourth-order valence-electron chi connectivity index (χ4n) is 1.19. The number of alkyl halides is 3. The summed E-state index contributed by atoms with van der Waals surface area (Å²) in [6.07, 6.45) is -3.48. The number of rotatable bonds is 3. The van der Waals surface area contributed by atoms with Crippen LogP contribution in [0.15, 0.2) is 12.3 Å². The van der Waals surface area contributed by atoms with E-state index in [9.17, 15) is 13.2 Å². The molecule has 1 rings (SSSR count). The molecule has 84 valence electrons.